The number of nitrogens with one attached hydrogen (secondary N) is 1. The van der Waals surface area contributed by atoms with Gasteiger partial charge in [-0.2, -0.15) is 5.10 Å². The van der Waals surface area contributed by atoms with Crippen molar-refractivity contribution in [1.29, 1.82) is 0 Å². The summed E-state index contributed by atoms with van der Waals surface area (Å²) < 4.78 is 6.76. The van der Waals surface area contributed by atoms with Crippen LogP contribution in [-0.4, -0.2) is 27.6 Å². The molecule has 1 aromatic carbocycles. The molecule has 22 heavy (non-hydrogen) atoms. The van der Waals surface area contributed by atoms with Crippen LogP contribution >= 0.6 is 0 Å². The zero-order chi connectivity index (χ0) is 15.7. The standard InChI is InChI=1S/C16H16N4O2/c1-10-8-12(22-3)4-5-13(10)18-16(21)14-6-7-15-17-11(2)9-20(15)19-14/h4-9H,1-3H3,(H,18,21). The molecule has 112 valence electrons. The quantitative estimate of drug-likeness (QED) is 0.806. The highest BCUT2D eigenvalue weighted by atomic mass is 16.5. The number of aryl methyl sites for hydroxylation is 2. The number of imidazole rings is 1. The topological polar surface area (TPSA) is 68.5 Å². The van der Waals surface area contributed by atoms with Crippen molar-refractivity contribution in [2.75, 3.05) is 12.4 Å². The highest BCUT2D eigenvalue weighted by molar-refractivity contribution is 6.03. The Labute approximate surface area is 127 Å². The lowest BCUT2D eigenvalue weighted by molar-refractivity contribution is 0.102. The van der Waals surface area contributed by atoms with E-state index in [1.807, 2.05) is 26.0 Å². The maximum Gasteiger partial charge on any atom is 0.276 e. The number of carbonyl (C=O) groups excluding carboxylic acids is 1. The number of hydrogen-bond acceptors (Lipinski definition) is 4. The molecular weight excluding hydrogens is 280 g/mol. The van der Waals surface area contributed by atoms with Crippen LogP contribution in [0.15, 0.2) is 36.5 Å². The number of methoxy groups -OCH3 is 1. The molecule has 0 saturated carbocycles. The molecule has 0 aliphatic rings. The minimum absolute atomic E-state index is 0.262. The van der Waals surface area contributed by atoms with Crippen LogP contribution in [0, 0.1) is 13.8 Å². The molecule has 0 unspecified atom stereocenters. The zero-order valence-electron chi connectivity index (χ0n) is 12.6. The van der Waals surface area contributed by atoms with E-state index in [4.69, 9.17) is 4.74 Å². The number of fused-ring (bicyclic) bond motifs is 1. The fraction of sp³-hybridized carbons (Fsp3) is 0.188. The van der Waals surface area contributed by atoms with Crippen LogP contribution in [0.25, 0.3) is 5.65 Å². The Morgan fingerprint density at radius 1 is 1.23 bits per heavy atom. The average molecular weight is 296 g/mol. The van der Waals surface area contributed by atoms with E-state index in [2.05, 4.69) is 15.4 Å². The number of ether oxygens (including phenoxy) is 1. The largest absolute Gasteiger partial charge is 0.497 e. The molecule has 2 aromatic heterocycles. The molecule has 3 aromatic rings. The highest BCUT2D eigenvalue weighted by Gasteiger charge is 2.11. The zero-order valence-corrected chi connectivity index (χ0v) is 12.6. The average Bonchev–Trinajstić information content (AvgIpc) is 2.88. The van der Waals surface area contributed by atoms with Crippen molar-refractivity contribution in [1.82, 2.24) is 14.6 Å². The third-order valence-electron chi connectivity index (χ3n) is 3.35. The van der Waals surface area contributed by atoms with Gasteiger partial charge in [0.2, 0.25) is 0 Å². The molecule has 0 radical (unpaired) electrons. The van der Waals surface area contributed by atoms with Crippen LogP contribution in [0.2, 0.25) is 0 Å². The molecule has 1 amide bonds. The lowest BCUT2D eigenvalue weighted by Crippen LogP contribution is -2.15. The van der Waals surface area contributed by atoms with E-state index in [9.17, 15) is 4.79 Å². The van der Waals surface area contributed by atoms with E-state index < -0.39 is 0 Å². The van der Waals surface area contributed by atoms with Crippen LogP contribution in [-0.2, 0) is 0 Å². The molecule has 0 bridgehead atoms. The third kappa shape index (κ3) is 2.63. The van der Waals surface area contributed by atoms with Gasteiger partial charge in [0.05, 0.1) is 19.0 Å². The Balaban J connectivity index is 1.86. The fourth-order valence-electron chi connectivity index (χ4n) is 2.21. The van der Waals surface area contributed by atoms with Gasteiger partial charge in [0.1, 0.15) is 11.4 Å². The Hall–Kier alpha value is -2.89. The first-order chi connectivity index (χ1) is 10.6. The summed E-state index contributed by atoms with van der Waals surface area (Å²) in [6.07, 6.45) is 1.78. The predicted molar refractivity (Wildman–Crippen MR) is 83.4 cm³/mol. The summed E-state index contributed by atoms with van der Waals surface area (Å²) in [5.41, 5.74) is 3.56. The molecule has 0 spiro atoms. The van der Waals surface area contributed by atoms with E-state index in [1.165, 1.54) is 0 Å². The van der Waals surface area contributed by atoms with Crippen molar-refractivity contribution < 1.29 is 9.53 Å². The van der Waals surface area contributed by atoms with E-state index in [0.29, 0.717) is 5.69 Å². The van der Waals surface area contributed by atoms with Gasteiger partial charge in [-0.25, -0.2) is 9.50 Å². The van der Waals surface area contributed by atoms with Crippen molar-refractivity contribution in [3.8, 4) is 5.75 Å². The number of amides is 1. The molecule has 6 nitrogen and oxygen atoms in total. The number of rotatable bonds is 3. The lowest BCUT2D eigenvalue weighted by Gasteiger charge is -2.09. The monoisotopic (exact) mass is 296 g/mol. The Kier molecular flexibility index (Phi) is 3.50. The van der Waals surface area contributed by atoms with E-state index in [-0.39, 0.29) is 5.91 Å². The summed E-state index contributed by atoms with van der Waals surface area (Å²) in [7, 11) is 1.61. The summed E-state index contributed by atoms with van der Waals surface area (Å²) in [6.45, 7) is 3.79. The first-order valence-electron chi connectivity index (χ1n) is 6.86. The van der Waals surface area contributed by atoms with E-state index >= 15 is 0 Å². The maximum absolute atomic E-state index is 12.3. The number of carbonyl (C=O) groups is 1. The van der Waals surface area contributed by atoms with Crippen LogP contribution < -0.4 is 10.1 Å². The molecule has 1 N–H and O–H groups in total. The molecule has 0 aliphatic carbocycles. The van der Waals surface area contributed by atoms with Gasteiger partial charge < -0.3 is 10.1 Å². The second-order valence-corrected chi connectivity index (χ2v) is 5.04. The molecule has 0 aliphatic heterocycles. The Bertz CT molecular complexity index is 854. The van der Waals surface area contributed by atoms with Gasteiger partial charge >= 0.3 is 0 Å². The highest BCUT2D eigenvalue weighted by Crippen LogP contribution is 2.21. The Morgan fingerprint density at radius 3 is 2.77 bits per heavy atom. The number of nitrogens with zero attached hydrogens (tertiary/aromatic N) is 3. The smallest absolute Gasteiger partial charge is 0.276 e. The van der Waals surface area contributed by atoms with E-state index in [1.54, 1.807) is 36.0 Å². The van der Waals surface area contributed by atoms with Crippen LogP contribution in [0.5, 0.6) is 5.75 Å². The Morgan fingerprint density at radius 2 is 2.05 bits per heavy atom. The number of hydrogen-bond donors (Lipinski definition) is 1. The van der Waals surface area contributed by atoms with Crippen LogP contribution in [0.3, 0.4) is 0 Å². The van der Waals surface area contributed by atoms with Gasteiger partial charge in [0, 0.05) is 5.69 Å². The molecular formula is C16H16N4O2. The normalized spacial score (nSPS) is 10.7. The SMILES string of the molecule is COc1ccc(NC(=O)c2ccc3nc(C)cn3n2)c(C)c1. The summed E-state index contributed by atoms with van der Waals surface area (Å²) in [4.78, 5) is 16.6. The minimum Gasteiger partial charge on any atom is -0.497 e. The fourth-order valence-corrected chi connectivity index (χ4v) is 2.21. The molecule has 0 fully saturated rings. The molecule has 0 saturated heterocycles. The van der Waals surface area contributed by atoms with Gasteiger partial charge in [-0.1, -0.05) is 0 Å². The minimum atomic E-state index is -0.262. The maximum atomic E-state index is 12.3. The van der Waals surface area contributed by atoms with Crippen LogP contribution in [0.4, 0.5) is 5.69 Å². The summed E-state index contributed by atoms with van der Waals surface area (Å²) >= 11 is 0. The molecule has 0 atom stereocenters. The molecule has 2 heterocycles. The van der Waals surface area contributed by atoms with E-state index in [0.717, 1.165) is 28.3 Å². The summed E-state index contributed by atoms with van der Waals surface area (Å²) in [5.74, 6) is 0.491. The third-order valence-corrected chi connectivity index (χ3v) is 3.35. The molecule has 6 heteroatoms. The molecule has 3 rings (SSSR count). The van der Waals surface area contributed by atoms with Gasteiger partial charge in [0.15, 0.2) is 5.65 Å². The van der Waals surface area contributed by atoms with Gasteiger partial charge in [-0.05, 0) is 49.7 Å². The second-order valence-electron chi connectivity index (χ2n) is 5.04. The first kappa shape index (κ1) is 14.1. The van der Waals surface area contributed by atoms with Crippen molar-refractivity contribution in [3.05, 3.63) is 53.5 Å². The second kappa shape index (κ2) is 5.48. The van der Waals surface area contributed by atoms with Crippen molar-refractivity contribution >= 4 is 17.2 Å². The first-order valence-corrected chi connectivity index (χ1v) is 6.86. The summed E-state index contributed by atoms with van der Waals surface area (Å²) in [6, 6.07) is 8.92. The lowest BCUT2D eigenvalue weighted by atomic mass is 10.2. The summed E-state index contributed by atoms with van der Waals surface area (Å²) in [5, 5.41) is 7.13. The number of aromatic nitrogens is 3. The van der Waals surface area contributed by atoms with Crippen molar-refractivity contribution in [2.45, 2.75) is 13.8 Å². The number of anilines is 1. The predicted octanol–water partition coefficient (Wildman–Crippen LogP) is 2.61. The van der Waals surface area contributed by atoms with Crippen LogP contribution in [0.1, 0.15) is 21.7 Å². The van der Waals surface area contributed by atoms with Crippen molar-refractivity contribution in [2.24, 2.45) is 0 Å². The van der Waals surface area contributed by atoms with Gasteiger partial charge in [-0.3, -0.25) is 4.79 Å². The van der Waals surface area contributed by atoms with Gasteiger partial charge in [-0.15, -0.1) is 0 Å². The number of benzene rings is 1. The van der Waals surface area contributed by atoms with Crippen molar-refractivity contribution in [3.63, 3.8) is 0 Å². The van der Waals surface area contributed by atoms with Gasteiger partial charge in [0.25, 0.3) is 5.91 Å².